The van der Waals surface area contributed by atoms with Crippen LogP contribution in [-0.4, -0.2) is 70.4 Å². The molecule has 1 unspecified atom stereocenters. The molecule has 1 aromatic rings. The summed E-state index contributed by atoms with van der Waals surface area (Å²) in [6.45, 7) is 5.87. The number of hydrogen-bond acceptors (Lipinski definition) is 5. The van der Waals surface area contributed by atoms with Gasteiger partial charge in [0.25, 0.3) is 10.0 Å². The first-order valence-electron chi connectivity index (χ1n) is 8.58. The van der Waals surface area contributed by atoms with E-state index in [0.717, 1.165) is 23.9 Å². The van der Waals surface area contributed by atoms with Crippen LogP contribution in [0.2, 0.25) is 0 Å². The SMILES string of the molecule is CCN1CCCC1CNC(=NC)NCc1ccc(S(=O)(=O)N(C)C)s1.I. The highest BCUT2D eigenvalue weighted by molar-refractivity contribution is 14.0. The Labute approximate surface area is 178 Å². The standard InChI is InChI=1S/C16H29N5O2S2.HI/c1-5-21-10-6-7-13(21)11-18-16(17-2)19-12-14-8-9-15(24-14)25(22,23)20(3)4;/h8-9,13H,5-7,10-12H2,1-4H3,(H2,17,18,19);1H. The van der Waals surface area contributed by atoms with E-state index in [9.17, 15) is 8.42 Å². The van der Waals surface area contributed by atoms with Crippen molar-refractivity contribution in [3.05, 3.63) is 17.0 Å². The van der Waals surface area contributed by atoms with Crippen LogP contribution in [0.5, 0.6) is 0 Å². The van der Waals surface area contributed by atoms with Crippen LogP contribution >= 0.6 is 35.3 Å². The van der Waals surface area contributed by atoms with E-state index in [1.165, 1.54) is 35.0 Å². The summed E-state index contributed by atoms with van der Waals surface area (Å²) in [7, 11) is 1.48. The van der Waals surface area contributed by atoms with Crippen molar-refractivity contribution in [3.63, 3.8) is 0 Å². The number of rotatable bonds is 7. The molecule has 0 aliphatic carbocycles. The van der Waals surface area contributed by atoms with Crippen molar-refractivity contribution >= 4 is 51.3 Å². The van der Waals surface area contributed by atoms with E-state index in [-0.39, 0.29) is 24.0 Å². The third-order valence-electron chi connectivity index (χ3n) is 4.44. The maximum Gasteiger partial charge on any atom is 0.252 e. The fourth-order valence-corrected chi connectivity index (χ4v) is 5.38. The Morgan fingerprint density at radius 3 is 2.73 bits per heavy atom. The highest BCUT2D eigenvalue weighted by Crippen LogP contribution is 2.23. The molecule has 0 bridgehead atoms. The van der Waals surface area contributed by atoms with Gasteiger partial charge in [0.2, 0.25) is 0 Å². The first-order valence-corrected chi connectivity index (χ1v) is 10.8. The van der Waals surface area contributed by atoms with E-state index >= 15 is 0 Å². The van der Waals surface area contributed by atoms with Crippen molar-refractivity contribution in [2.75, 3.05) is 40.8 Å². The highest BCUT2D eigenvalue weighted by Gasteiger charge is 2.23. The molecule has 1 atom stereocenters. The van der Waals surface area contributed by atoms with Crippen LogP contribution in [0.15, 0.2) is 21.3 Å². The molecule has 1 aliphatic rings. The Morgan fingerprint density at radius 2 is 2.12 bits per heavy atom. The van der Waals surface area contributed by atoms with Crippen LogP contribution < -0.4 is 10.6 Å². The fourth-order valence-electron chi connectivity index (χ4n) is 2.92. The van der Waals surface area contributed by atoms with Crippen molar-refractivity contribution < 1.29 is 8.42 Å². The Kier molecular flexibility index (Phi) is 9.80. The minimum Gasteiger partial charge on any atom is -0.355 e. The van der Waals surface area contributed by atoms with Crippen LogP contribution in [0, 0.1) is 0 Å². The highest BCUT2D eigenvalue weighted by atomic mass is 127. The van der Waals surface area contributed by atoms with Gasteiger partial charge in [-0.05, 0) is 38.1 Å². The molecule has 0 aromatic carbocycles. The van der Waals surface area contributed by atoms with E-state index in [4.69, 9.17) is 0 Å². The molecule has 2 N–H and O–H groups in total. The Balaban J connectivity index is 0.00000338. The molecule has 1 aromatic heterocycles. The van der Waals surface area contributed by atoms with Gasteiger partial charge in [-0.1, -0.05) is 6.92 Å². The molecule has 2 rings (SSSR count). The lowest BCUT2D eigenvalue weighted by atomic mass is 10.2. The molecule has 1 aliphatic heterocycles. The number of halogens is 1. The predicted molar refractivity (Wildman–Crippen MR) is 119 cm³/mol. The molecular weight excluding hydrogens is 485 g/mol. The second-order valence-corrected chi connectivity index (χ2v) is 9.79. The minimum atomic E-state index is -3.36. The van der Waals surface area contributed by atoms with Gasteiger partial charge in [0.05, 0.1) is 6.54 Å². The average molecular weight is 515 g/mol. The number of likely N-dealkylation sites (tertiary alicyclic amines) is 1. The number of aliphatic imine (C=N–C) groups is 1. The molecule has 2 heterocycles. The second-order valence-electron chi connectivity index (χ2n) is 6.24. The summed E-state index contributed by atoms with van der Waals surface area (Å²) < 4.78 is 25.8. The molecule has 0 saturated carbocycles. The summed E-state index contributed by atoms with van der Waals surface area (Å²) in [5, 5.41) is 6.64. The van der Waals surface area contributed by atoms with Crippen molar-refractivity contribution in [3.8, 4) is 0 Å². The maximum atomic E-state index is 12.1. The lowest BCUT2D eigenvalue weighted by molar-refractivity contribution is 0.267. The van der Waals surface area contributed by atoms with Gasteiger partial charge in [0.1, 0.15) is 4.21 Å². The molecule has 0 spiro atoms. The number of thiophene rings is 1. The van der Waals surface area contributed by atoms with Crippen molar-refractivity contribution in [2.24, 2.45) is 4.99 Å². The van der Waals surface area contributed by atoms with Gasteiger partial charge in [0, 0.05) is 38.6 Å². The summed E-state index contributed by atoms with van der Waals surface area (Å²) in [4.78, 5) is 7.69. The normalized spacial score (nSPS) is 18.8. The van der Waals surface area contributed by atoms with Crippen molar-refractivity contribution in [2.45, 2.75) is 36.6 Å². The Hall–Kier alpha value is -0.430. The molecule has 1 fully saturated rings. The lowest BCUT2D eigenvalue weighted by Gasteiger charge is -2.23. The summed E-state index contributed by atoms with van der Waals surface area (Å²) in [5.41, 5.74) is 0. The van der Waals surface area contributed by atoms with Gasteiger partial charge in [-0.2, -0.15) is 0 Å². The fraction of sp³-hybridized carbons (Fsp3) is 0.688. The number of sulfonamides is 1. The average Bonchev–Trinajstić information content (AvgIpc) is 3.23. The largest absolute Gasteiger partial charge is 0.355 e. The summed E-state index contributed by atoms with van der Waals surface area (Å²) in [6, 6.07) is 4.06. The molecular formula is C16H30IN5O2S2. The topological polar surface area (TPSA) is 77.0 Å². The van der Waals surface area contributed by atoms with E-state index < -0.39 is 10.0 Å². The zero-order valence-corrected chi connectivity index (χ0v) is 19.8. The third kappa shape index (κ3) is 6.04. The molecule has 1 saturated heterocycles. The molecule has 150 valence electrons. The molecule has 26 heavy (non-hydrogen) atoms. The van der Waals surface area contributed by atoms with E-state index in [0.29, 0.717) is 16.8 Å². The van der Waals surface area contributed by atoms with Crippen LogP contribution in [0.3, 0.4) is 0 Å². The van der Waals surface area contributed by atoms with Crippen molar-refractivity contribution in [1.29, 1.82) is 0 Å². The first-order chi connectivity index (χ1) is 11.9. The third-order valence-corrected chi connectivity index (χ3v) is 7.80. The van der Waals surface area contributed by atoms with Gasteiger partial charge < -0.3 is 10.6 Å². The monoisotopic (exact) mass is 515 g/mol. The van der Waals surface area contributed by atoms with Crippen LogP contribution in [-0.2, 0) is 16.6 Å². The Bertz CT molecular complexity index is 691. The summed E-state index contributed by atoms with van der Waals surface area (Å²) in [6.07, 6.45) is 2.47. The molecule has 0 amide bonds. The predicted octanol–water partition coefficient (Wildman–Crippen LogP) is 1.77. The number of hydrogen-bond donors (Lipinski definition) is 2. The number of nitrogens with zero attached hydrogens (tertiary/aromatic N) is 3. The second kappa shape index (κ2) is 10.8. The van der Waals surface area contributed by atoms with Gasteiger partial charge in [-0.3, -0.25) is 9.89 Å². The lowest BCUT2D eigenvalue weighted by Crippen LogP contribution is -2.44. The number of nitrogens with one attached hydrogen (secondary N) is 2. The zero-order chi connectivity index (χ0) is 18.4. The van der Waals surface area contributed by atoms with Crippen LogP contribution in [0.4, 0.5) is 0 Å². The van der Waals surface area contributed by atoms with E-state index in [2.05, 4.69) is 27.4 Å². The maximum absolute atomic E-state index is 12.1. The summed E-state index contributed by atoms with van der Waals surface area (Å²) >= 11 is 1.28. The van der Waals surface area contributed by atoms with Crippen LogP contribution in [0.25, 0.3) is 0 Å². The smallest absolute Gasteiger partial charge is 0.252 e. The minimum absolute atomic E-state index is 0. The van der Waals surface area contributed by atoms with E-state index in [1.807, 2.05) is 6.07 Å². The molecule has 0 radical (unpaired) electrons. The summed E-state index contributed by atoms with van der Waals surface area (Å²) in [5.74, 6) is 0.744. The molecule has 10 heteroatoms. The molecule has 7 nitrogen and oxygen atoms in total. The zero-order valence-electron chi connectivity index (χ0n) is 15.9. The first kappa shape index (κ1) is 23.6. The van der Waals surface area contributed by atoms with E-state index in [1.54, 1.807) is 27.2 Å². The van der Waals surface area contributed by atoms with Crippen molar-refractivity contribution in [1.82, 2.24) is 19.8 Å². The number of likely N-dealkylation sites (N-methyl/N-ethyl adjacent to an activating group) is 1. The van der Waals surface area contributed by atoms with Gasteiger partial charge in [0.15, 0.2) is 5.96 Å². The van der Waals surface area contributed by atoms with Gasteiger partial charge >= 0.3 is 0 Å². The van der Waals surface area contributed by atoms with Gasteiger partial charge in [-0.15, -0.1) is 35.3 Å². The van der Waals surface area contributed by atoms with Gasteiger partial charge in [-0.25, -0.2) is 12.7 Å². The van der Waals surface area contributed by atoms with Crippen LogP contribution in [0.1, 0.15) is 24.6 Å². The quantitative estimate of drug-likeness (QED) is 0.329. The number of guanidine groups is 1. The Morgan fingerprint density at radius 1 is 1.38 bits per heavy atom.